The molecule has 3 nitrogen and oxygen atoms in total. The van der Waals surface area contributed by atoms with E-state index in [0.717, 1.165) is 5.69 Å². The van der Waals surface area contributed by atoms with Crippen LogP contribution >= 0.6 is 0 Å². The Labute approximate surface area is 108 Å². The molecule has 0 aromatic heterocycles. The van der Waals surface area contributed by atoms with Crippen molar-refractivity contribution in [2.75, 3.05) is 25.6 Å². The van der Waals surface area contributed by atoms with E-state index in [1.165, 1.54) is 19.2 Å². The average molecular weight is 253 g/mol. The summed E-state index contributed by atoms with van der Waals surface area (Å²) < 4.78 is 17.9. The summed E-state index contributed by atoms with van der Waals surface area (Å²) in [6.07, 6.45) is 0. The Hall–Kier alpha value is -1.58. The van der Waals surface area contributed by atoms with E-state index in [9.17, 15) is 9.18 Å². The molecule has 4 heteroatoms. The van der Waals surface area contributed by atoms with E-state index >= 15 is 0 Å². The molecular formula is C14H20FNO2. The molecule has 0 fully saturated rings. The van der Waals surface area contributed by atoms with Crippen molar-refractivity contribution in [1.29, 1.82) is 0 Å². The van der Waals surface area contributed by atoms with Crippen molar-refractivity contribution >= 4 is 11.7 Å². The Morgan fingerprint density at radius 3 is 2.61 bits per heavy atom. The van der Waals surface area contributed by atoms with Crippen LogP contribution in [-0.4, -0.2) is 26.7 Å². The second-order valence-electron chi connectivity index (χ2n) is 4.73. The lowest BCUT2D eigenvalue weighted by Gasteiger charge is -2.26. The van der Waals surface area contributed by atoms with Crippen LogP contribution in [0.3, 0.4) is 0 Å². The highest BCUT2D eigenvalue weighted by molar-refractivity contribution is 5.73. The summed E-state index contributed by atoms with van der Waals surface area (Å²) >= 11 is 0. The number of carbonyl (C=O) groups is 1. The first-order valence-corrected chi connectivity index (χ1v) is 6.00. The van der Waals surface area contributed by atoms with Crippen LogP contribution in [0.1, 0.15) is 13.8 Å². The van der Waals surface area contributed by atoms with Crippen LogP contribution in [-0.2, 0) is 9.53 Å². The van der Waals surface area contributed by atoms with Gasteiger partial charge in [0.15, 0.2) is 0 Å². The number of carbonyl (C=O) groups excluding carboxylic acids is 1. The number of ether oxygens (including phenoxy) is 1. The van der Waals surface area contributed by atoms with Gasteiger partial charge in [-0.1, -0.05) is 19.9 Å². The first-order valence-electron chi connectivity index (χ1n) is 6.00. The third-order valence-corrected chi connectivity index (χ3v) is 3.03. The number of esters is 1. The predicted octanol–water partition coefficient (Wildman–Crippen LogP) is 2.71. The van der Waals surface area contributed by atoms with Gasteiger partial charge in [-0.15, -0.1) is 0 Å². The highest BCUT2D eigenvalue weighted by atomic mass is 19.1. The Kier molecular flexibility index (Phi) is 5.13. The fourth-order valence-corrected chi connectivity index (χ4v) is 1.82. The zero-order chi connectivity index (χ0) is 13.7. The second kappa shape index (κ2) is 6.38. The molecule has 100 valence electrons. The standard InChI is InChI=1S/C14H20FNO2/c1-10(2)13(14(17)18-4)9-16(3)12-7-5-6-11(15)8-12/h5-8,10,13H,9H2,1-4H3. The molecule has 0 spiro atoms. The van der Waals surface area contributed by atoms with E-state index in [1.54, 1.807) is 6.07 Å². The first-order chi connectivity index (χ1) is 8.45. The second-order valence-corrected chi connectivity index (χ2v) is 4.73. The molecule has 0 aliphatic carbocycles. The SMILES string of the molecule is COC(=O)C(CN(C)c1cccc(F)c1)C(C)C. The van der Waals surface area contributed by atoms with Gasteiger partial charge < -0.3 is 9.64 Å². The third kappa shape index (κ3) is 3.72. The van der Waals surface area contributed by atoms with Crippen LogP contribution in [0.25, 0.3) is 0 Å². The van der Waals surface area contributed by atoms with Gasteiger partial charge in [-0.05, 0) is 24.1 Å². The molecule has 1 atom stereocenters. The van der Waals surface area contributed by atoms with Crippen molar-refractivity contribution in [3.8, 4) is 0 Å². The van der Waals surface area contributed by atoms with E-state index in [4.69, 9.17) is 4.74 Å². The molecule has 0 heterocycles. The molecule has 0 aliphatic rings. The van der Waals surface area contributed by atoms with Gasteiger partial charge >= 0.3 is 5.97 Å². The zero-order valence-corrected chi connectivity index (χ0v) is 11.3. The molecule has 1 unspecified atom stereocenters. The molecule has 1 rings (SSSR count). The van der Waals surface area contributed by atoms with Gasteiger partial charge in [0.05, 0.1) is 13.0 Å². The number of hydrogen-bond donors (Lipinski definition) is 0. The van der Waals surface area contributed by atoms with Crippen molar-refractivity contribution in [2.24, 2.45) is 11.8 Å². The largest absolute Gasteiger partial charge is 0.469 e. The third-order valence-electron chi connectivity index (χ3n) is 3.03. The molecular weight excluding hydrogens is 233 g/mol. The molecule has 0 amide bonds. The number of benzene rings is 1. The number of rotatable bonds is 5. The molecule has 18 heavy (non-hydrogen) atoms. The van der Waals surface area contributed by atoms with Crippen molar-refractivity contribution < 1.29 is 13.9 Å². The molecule has 0 aliphatic heterocycles. The Bertz CT molecular complexity index is 407. The molecule has 1 aromatic rings. The zero-order valence-electron chi connectivity index (χ0n) is 11.3. The minimum absolute atomic E-state index is 0.174. The monoisotopic (exact) mass is 253 g/mol. The fraction of sp³-hybridized carbons (Fsp3) is 0.500. The minimum Gasteiger partial charge on any atom is -0.469 e. The number of methoxy groups -OCH3 is 1. The van der Waals surface area contributed by atoms with E-state index in [-0.39, 0.29) is 23.6 Å². The Morgan fingerprint density at radius 2 is 2.11 bits per heavy atom. The van der Waals surface area contributed by atoms with Crippen molar-refractivity contribution in [3.05, 3.63) is 30.1 Å². The average Bonchev–Trinajstić information content (AvgIpc) is 2.34. The maximum absolute atomic E-state index is 13.1. The van der Waals surface area contributed by atoms with Crippen LogP contribution < -0.4 is 4.90 Å². The fourth-order valence-electron chi connectivity index (χ4n) is 1.82. The maximum atomic E-state index is 13.1. The lowest BCUT2D eigenvalue weighted by atomic mass is 9.95. The molecule has 1 aromatic carbocycles. The number of hydrogen-bond acceptors (Lipinski definition) is 3. The van der Waals surface area contributed by atoms with Gasteiger partial charge in [0.25, 0.3) is 0 Å². The highest BCUT2D eigenvalue weighted by Crippen LogP contribution is 2.19. The number of nitrogens with zero attached hydrogens (tertiary/aromatic N) is 1. The summed E-state index contributed by atoms with van der Waals surface area (Å²) in [5, 5.41) is 0. The Morgan fingerprint density at radius 1 is 1.44 bits per heavy atom. The molecule has 0 N–H and O–H groups in total. The number of halogens is 1. The topological polar surface area (TPSA) is 29.5 Å². The van der Waals surface area contributed by atoms with E-state index in [1.807, 2.05) is 31.9 Å². The summed E-state index contributed by atoms with van der Waals surface area (Å²) in [5.74, 6) is -0.552. The smallest absolute Gasteiger partial charge is 0.310 e. The van der Waals surface area contributed by atoms with Crippen LogP contribution in [0.15, 0.2) is 24.3 Å². The van der Waals surface area contributed by atoms with Crippen LogP contribution in [0.4, 0.5) is 10.1 Å². The Balaban J connectivity index is 2.78. The lowest BCUT2D eigenvalue weighted by Crippen LogP contribution is -2.34. The summed E-state index contributed by atoms with van der Waals surface area (Å²) in [7, 11) is 3.23. The van der Waals surface area contributed by atoms with Crippen LogP contribution in [0, 0.1) is 17.7 Å². The summed E-state index contributed by atoms with van der Waals surface area (Å²) in [5.41, 5.74) is 0.754. The van der Waals surface area contributed by atoms with Gasteiger partial charge in [-0.25, -0.2) is 4.39 Å². The van der Waals surface area contributed by atoms with Gasteiger partial charge in [0.1, 0.15) is 5.82 Å². The summed E-state index contributed by atoms with van der Waals surface area (Å²) in [4.78, 5) is 13.5. The van der Waals surface area contributed by atoms with E-state index in [2.05, 4.69) is 0 Å². The van der Waals surface area contributed by atoms with Crippen LogP contribution in [0.5, 0.6) is 0 Å². The molecule has 0 saturated carbocycles. The molecule has 0 bridgehead atoms. The first kappa shape index (κ1) is 14.5. The van der Waals surface area contributed by atoms with Crippen molar-refractivity contribution in [1.82, 2.24) is 0 Å². The highest BCUT2D eigenvalue weighted by Gasteiger charge is 2.24. The lowest BCUT2D eigenvalue weighted by molar-refractivity contribution is -0.146. The normalized spacial score (nSPS) is 12.3. The summed E-state index contributed by atoms with van der Waals surface area (Å²) in [6, 6.07) is 6.33. The molecule has 0 saturated heterocycles. The predicted molar refractivity (Wildman–Crippen MR) is 70.0 cm³/mol. The maximum Gasteiger partial charge on any atom is 0.310 e. The van der Waals surface area contributed by atoms with Gasteiger partial charge in [0, 0.05) is 19.3 Å². The van der Waals surface area contributed by atoms with Gasteiger partial charge in [0.2, 0.25) is 0 Å². The number of anilines is 1. The van der Waals surface area contributed by atoms with E-state index in [0.29, 0.717) is 6.54 Å². The van der Waals surface area contributed by atoms with Crippen LogP contribution in [0.2, 0.25) is 0 Å². The van der Waals surface area contributed by atoms with Crippen molar-refractivity contribution in [2.45, 2.75) is 13.8 Å². The van der Waals surface area contributed by atoms with E-state index < -0.39 is 0 Å². The quantitative estimate of drug-likeness (QED) is 0.756. The van der Waals surface area contributed by atoms with Gasteiger partial charge in [-0.3, -0.25) is 4.79 Å². The van der Waals surface area contributed by atoms with Crippen molar-refractivity contribution in [3.63, 3.8) is 0 Å². The molecule has 0 radical (unpaired) electrons. The minimum atomic E-state index is -0.279. The summed E-state index contributed by atoms with van der Waals surface area (Å²) in [6.45, 7) is 4.45. The van der Waals surface area contributed by atoms with Gasteiger partial charge in [-0.2, -0.15) is 0 Å².